The van der Waals surface area contributed by atoms with Gasteiger partial charge in [0.05, 0.1) is 7.11 Å². The minimum Gasteiger partial charge on any atom is -0.497 e. The van der Waals surface area contributed by atoms with Crippen LogP contribution < -0.4 is 10.1 Å². The molecule has 2 aromatic carbocycles. The number of fused-ring (bicyclic) bond motifs is 1. The number of ether oxygens (including phenoxy) is 1. The normalized spacial score (nSPS) is 13.0. The summed E-state index contributed by atoms with van der Waals surface area (Å²) in [6, 6.07) is 12.9. The van der Waals surface area contributed by atoms with Gasteiger partial charge in [0.2, 0.25) is 0 Å². The summed E-state index contributed by atoms with van der Waals surface area (Å²) in [5, 5.41) is 3.43. The molecule has 0 unspecified atom stereocenters. The largest absolute Gasteiger partial charge is 0.497 e. The van der Waals surface area contributed by atoms with E-state index in [0.717, 1.165) is 18.7 Å². The average Bonchev–Trinajstić information content (AvgIpc) is 2.85. The van der Waals surface area contributed by atoms with Crippen LogP contribution in [0.3, 0.4) is 0 Å². The Balaban J connectivity index is 2.04. The third kappa shape index (κ3) is 1.84. The smallest absolute Gasteiger partial charge is 0.119 e. The van der Waals surface area contributed by atoms with Gasteiger partial charge in [0.1, 0.15) is 5.75 Å². The third-order valence-electron chi connectivity index (χ3n) is 3.56. The molecule has 0 fully saturated rings. The van der Waals surface area contributed by atoms with Crippen molar-refractivity contribution in [3.63, 3.8) is 0 Å². The molecule has 1 aliphatic heterocycles. The van der Waals surface area contributed by atoms with Crippen LogP contribution in [-0.4, -0.2) is 13.7 Å². The van der Waals surface area contributed by atoms with Gasteiger partial charge in [0, 0.05) is 12.2 Å². The lowest BCUT2D eigenvalue weighted by molar-refractivity contribution is 0.414. The van der Waals surface area contributed by atoms with E-state index in [1.165, 1.54) is 27.9 Å². The molecule has 0 amide bonds. The number of benzene rings is 2. The molecule has 1 aliphatic rings. The molecule has 3 rings (SSSR count). The molecule has 0 saturated carbocycles. The van der Waals surface area contributed by atoms with E-state index in [-0.39, 0.29) is 0 Å². The molecule has 92 valence electrons. The Kier molecular flexibility index (Phi) is 2.71. The highest BCUT2D eigenvalue weighted by atomic mass is 16.5. The maximum Gasteiger partial charge on any atom is 0.119 e. The summed E-state index contributed by atoms with van der Waals surface area (Å²) in [4.78, 5) is 0. The summed E-state index contributed by atoms with van der Waals surface area (Å²) in [7, 11) is 1.70. The summed E-state index contributed by atoms with van der Waals surface area (Å²) in [5.74, 6) is 0.913. The van der Waals surface area contributed by atoms with Crippen LogP contribution in [0.5, 0.6) is 5.75 Å². The molecule has 0 aromatic heterocycles. The van der Waals surface area contributed by atoms with Crippen molar-refractivity contribution < 1.29 is 4.74 Å². The van der Waals surface area contributed by atoms with Crippen LogP contribution in [-0.2, 0) is 6.42 Å². The SMILES string of the molecule is COc1ccc(-c2ccc3c(c2)NCC3)c(C)c1. The molecule has 1 N–H and O–H groups in total. The molecule has 0 saturated heterocycles. The Bertz CT molecular complexity index is 590. The highest BCUT2D eigenvalue weighted by Crippen LogP contribution is 2.31. The maximum absolute atomic E-state index is 5.25. The number of methoxy groups -OCH3 is 1. The van der Waals surface area contributed by atoms with Gasteiger partial charge in [-0.15, -0.1) is 0 Å². The van der Waals surface area contributed by atoms with Crippen LogP contribution in [0.15, 0.2) is 36.4 Å². The first-order valence-corrected chi connectivity index (χ1v) is 6.30. The van der Waals surface area contributed by atoms with Crippen molar-refractivity contribution >= 4 is 5.69 Å². The number of rotatable bonds is 2. The zero-order chi connectivity index (χ0) is 12.5. The minimum atomic E-state index is 0.913. The lowest BCUT2D eigenvalue weighted by Crippen LogP contribution is -1.91. The Morgan fingerprint density at radius 2 is 2.00 bits per heavy atom. The fraction of sp³-hybridized carbons (Fsp3) is 0.250. The molecule has 0 spiro atoms. The summed E-state index contributed by atoms with van der Waals surface area (Å²) in [6.07, 6.45) is 1.14. The fourth-order valence-electron chi connectivity index (χ4n) is 2.55. The molecule has 0 radical (unpaired) electrons. The third-order valence-corrected chi connectivity index (χ3v) is 3.56. The van der Waals surface area contributed by atoms with E-state index in [2.05, 4.69) is 42.6 Å². The number of aryl methyl sites for hydroxylation is 1. The first kappa shape index (κ1) is 11.1. The second-order valence-electron chi connectivity index (χ2n) is 4.73. The quantitative estimate of drug-likeness (QED) is 0.864. The summed E-state index contributed by atoms with van der Waals surface area (Å²) < 4.78 is 5.25. The molecule has 0 aliphatic carbocycles. The van der Waals surface area contributed by atoms with E-state index in [1.54, 1.807) is 7.11 Å². The van der Waals surface area contributed by atoms with Crippen molar-refractivity contribution in [1.29, 1.82) is 0 Å². The molecule has 1 heterocycles. The van der Waals surface area contributed by atoms with Gasteiger partial charge in [0.15, 0.2) is 0 Å². The van der Waals surface area contributed by atoms with Gasteiger partial charge in [-0.3, -0.25) is 0 Å². The second-order valence-corrected chi connectivity index (χ2v) is 4.73. The van der Waals surface area contributed by atoms with E-state index in [0.29, 0.717) is 0 Å². The van der Waals surface area contributed by atoms with E-state index < -0.39 is 0 Å². The van der Waals surface area contributed by atoms with Crippen molar-refractivity contribution in [3.05, 3.63) is 47.5 Å². The molecular weight excluding hydrogens is 222 g/mol. The van der Waals surface area contributed by atoms with Crippen LogP contribution in [0.1, 0.15) is 11.1 Å². The highest BCUT2D eigenvalue weighted by molar-refractivity contribution is 5.74. The van der Waals surface area contributed by atoms with E-state index in [9.17, 15) is 0 Å². The maximum atomic E-state index is 5.25. The van der Waals surface area contributed by atoms with Crippen molar-refractivity contribution in [2.75, 3.05) is 19.0 Å². The Morgan fingerprint density at radius 1 is 1.11 bits per heavy atom. The zero-order valence-corrected chi connectivity index (χ0v) is 10.8. The number of hydrogen-bond acceptors (Lipinski definition) is 2. The fourth-order valence-corrected chi connectivity index (χ4v) is 2.55. The topological polar surface area (TPSA) is 21.3 Å². The van der Waals surface area contributed by atoms with Crippen LogP contribution in [0.25, 0.3) is 11.1 Å². The first-order valence-electron chi connectivity index (χ1n) is 6.30. The molecular formula is C16H17NO. The Labute approximate surface area is 108 Å². The lowest BCUT2D eigenvalue weighted by Gasteiger charge is -2.10. The molecule has 2 aromatic rings. The monoisotopic (exact) mass is 239 g/mol. The van der Waals surface area contributed by atoms with Gasteiger partial charge in [-0.2, -0.15) is 0 Å². The lowest BCUT2D eigenvalue weighted by atomic mass is 9.98. The molecule has 0 atom stereocenters. The number of nitrogens with one attached hydrogen (secondary N) is 1. The van der Waals surface area contributed by atoms with Crippen molar-refractivity contribution in [3.8, 4) is 16.9 Å². The minimum absolute atomic E-state index is 0.913. The molecule has 18 heavy (non-hydrogen) atoms. The second kappa shape index (κ2) is 4.37. The van der Waals surface area contributed by atoms with Crippen molar-refractivity contribution in [2.24, 2.45) is 0 Å². The van der Waals surface area contributed by atoms with E-state index >= 15 is 0 Å². The van der Waals surface area contributed by atoms with Crippen molar-refractivity contribution in [1.82, 2.24) is 0 Å². The zero-order valence-electron chi connectivity index (χ0n) is 10.8. The summed E-state index contributed by atoms with van der Waals surface area (Å²) >= 11 is 0. The highest BCUT2D eigenvalue weighted by Gasteiger charge is 2.11. The Hall–Kier alpha value is -1.96. The van der Waals surface area contributed by atoms with Crippen LogP contribution in [0.4, 0.5) is 5.69 Å². The summed E-state index contributed by atoms with van der Waals surface area (Å²) in [5.41, 5.74) is 6.48. The van der Waals surface area contributed by atoms with Gasteiger partial charge >= 0.3 is 0 Å². The standard InChI is InChI=1S/C16H17NO/c1-11-9-14(18-2)5-6-15(11)13-4-3-12-7-8-17-16(12)10-13/h3-6,9-10,17H,7-8H2,1-2H3. The van der Waals surface area contributed by atoms with Gasteiger partial charge in [-0.1, -0.05) is 18.2 Å². The van der Waals surface area contributed by atoms with Crippen molar-refractivity contribution in [2.45, 2.75) is 13.3 Å². The summed E-state index contributed by atoms with van der Waals surface area (Å²) in [6.45, 7) is 3.18. The van der Waals surface area contributed by atoms with Gasteiger partial charge < -0.3 is 10.1 Å². The van der Waals surface area contributed by atoms with E-state index in [4.69, 9.17) is 4.74 Å². The van der Waals surface area contributed by atoms with E-state index in [1.807, 2.05) is 6.07 Å². The predicted molar refractivity (Wildman–Crippen MR) is 75.4 cm³/mol. The average molecular weight is 239 g/mol. The molecule has 0 bridgehead atoms. The van der Waals surface area contributed by atoms with Crippen LogP contribution in [0.2, 0.25) is 0 Å². The first-order chi connectivity index (χ1) is 8.78. The Morgan fingerprint density at radius 3 is 2.78 bits per heavy atom. The molecule has 2 nitrogen and oxygen atoms in total. The van der Waals surface area contributed by atoms with Gasteiger partial charge in [-0.25, -0.2) is 0 Å². The van der Waals surface area contributed by atoms with Crippen LogP contribution in [0, 0.1) is 6.92 Å². The predicted octanol–water partition coefficient (Wildman–Crippen LogP) is 3.64. The number of hydrogen-bond donors (Lipinski definition) is 1. The van der Waals surface area contributed by atoms with Crippen LogP contribution >= 0.6 is 0 Å². The number of anilines is 1. The van der Waals surface area contributed by atoms with Gasteiger partial charge in [-0.05, 0) is 53.8 Å². The molecule has 2 heteroatoms. The van der Waals surface area contributed by atoms with Gasteiger partial charge in [0.25, 0.3) is 0 Å².